The molecule has 2 aromatic heterocycles. The number of ketones is 1. The number of nitrogens with one attached hydrogen (secondary N) is 1. The predicted molar refractivity (Wildman–Crippen MR) is 157 cm³/mol. The van der Waals surface area contributed by atoms with Crippen LogP contribution in [0.2, 0.25) is 0 Å². The van der Waals surface area contributed by atoms with E-state index in [0.29, 0.717) is 73.3 Å². The summed E-state index contributed by atoms with van der Waals surface area (Å²) in [6, 6.07) is 4.10. The minimum atomic E-state index is -1.02. The summed E-state index contributed by atoms with van der Waals surface area (Å²) in [4.78, 5) is 36.2. The second-order valence-corrected chi connectivity index (χ2v) is 11.8. The van der Waals surface area contributed by atoms with Gasteiger partial charge in [0.15, 0.2) is 0 Å². The van der Waals surface area contributed by atoms with Crippen LogP contribution in [0.1, 0.15) is 62.5 Å². The summed E-state index contributed by atoms with van der Waals surface area (Å²) in [6.07, 6.45) is 18.7. The van der Waals surface area contributed by atoms with E-state index >= 15 is 4.39 Å². The van der Waals surface area contributed by atoms with E-state index < -0.39 is 17.0 Å². The Morgan fingerprint density at radius 3 is 2.78 bits per heavy atom. The van der Waals surface area contributed by atoms with Gasteiger partial charge >= 0.3 is 0 Å². The molecule has 2 aliphatic carbocycles. The largest absolute Gasteiger partial charge is 0.342 e. The van der Waals surface area contributed by atoms with Crippen molar-refractivity contribution in [3.63, 3.8) is 0 Å². The zero-order valence-electron chi connectivity index (χ0n) is 23.5. The van der Waals surface area contributed by atoms with Crippen LogP contribution in [0.25, 0.3) is 11.0 Å². The number of halogens is 2. The number of Topliss-reactive ketones (excluding diaryl/α,β-unsaturated/α-hetero) is 1. The summed E-state index contributed by atoms with van der Waals surface area (Å²) in [6.45, 7) is 0.852. The Labute approximate surface area is 238 Å². The number of aromatic nitrogens is 3. The van der Waals surface area contributed by atoms with Crippen LogP contribution in [0.4, 0.5) is 14.7 Å². The predicted octanol–water partition coefficient (Wildman–Crippen LogP) is 6.21. The van der Waals surface area contributed by atoms with Crippen LogP contribution in [0.15, 0.2) is 65.1 Å². The maximum atomic E-state index is 15.7. The number of aromatic amines is 1. The van der Waals surface area contributed by atoms with Crippen molar-refractivity contribution in [2.75, 3.05) is 18.0 Å². The van der Waals surface area contributed by atoms with Crippen molar-refractivity contribution >= 4 is 22.8 Å². The number of H-pyrrole nitrogens is 1. The molecule has 0 amide bonds. The van der Waals surface area contributed by atoms with Gasteiger partial charge in [-0.2, -0.15) is 4.98 Å². The minimum absolute atomic E-state index is 0.0230. The van der Waals surface area contributed by atoms with Gasteiger partial charge in [0.25, 0.3) is 5.56 Å². The first-order valence-corrected chi connectivity index (χ1v) is 14.7. The molecule has 1 spiro atoms. The third-order valence-electron chi connectivity index (χ3n) is 9.14. The van der Waals surface area contributed by atoms with Crippen LogP contribution in [-0.4, -0.2) is 33.4 Å². The van der Waals surface area contributed by atoms with E-state index in [-0.39, 0.29) is 17.3 Å². The highest BCUT2D eigenvalue weighted by atomic mass is 19.1. The number of rotatable bonds is 3. The minimum Gasteiger partial charge on any atom is -0.342 e. The molecule has 3 aromatic rings. The lowest BCUT2D eigenvalue weighted by Gasteiger charge is -2.43. The van der Waals surface area contributed by atoms with Crippen molar-refractivity contribution < 1.29 is 13.6 Å². The third kappa shape index (κ3) is 5.32. The van der Waals surface area contributed by atoms with Crippen molar-refractivity contribution in [2.24, 2.45) is 13.0 Å². The molecule has 3 aliphatic rings. The van der Waals surface area contributed by atoms with E-state index in [1.54, 1.807) is 16.8 Å². The fraction of sp³-hybridized carbons (Fsp3) is 0.424. The average Bonchev–Trinajstić information content (AvgIpc) is 3.38. The van der Waals surface area contributed by atoms with Gasteiger partial charge in [-0.15, -0.1) is 0 Å². The number of aryl methyl sites for hydroxylation is 1. The van der Waals surface area contributed by atoms with Crippen LogP contribution in [0, 0.1) is 17.6 Å². The second-order valence-electron chi connectivity index (χ2n) is 11.8. The van der Waals surface area contributed by atoms with E-state index in [0.717, 1.165) is 31.7 Å². The van der Waals surface area contributed by atoms with Gasteiger partial charge in [0.05, 0.1) is 10.8 Å². The Kier molecular flexibility index (Phi) is 7.49. The lowest BCUT2D eigenvalue weighted by molar-refractivity contribution is -0.126. The van der Waals surface area contributed by atoms with E-state index in [2.05, 4.69) is 40.3 Å². The molecule has 0 radical (unpaired) electrons. The first kappa shape index (κ1) is 27.4. The number of benzene rings is 1. The van der Waals surface area contributed by atoms with E-state index in [1.165, 1.54) is 11.6 Å². The Hall–Kier alpha value is -3.81. The van der Waals surface area contributed by atoms with Crippen LogP contribution in [0.5, 0.6) is 0 Å². The van der Waals surface area contributed by atoms with Gasteiger partial charge < -0.3 is 9.47 Å². The van der Waals surface area contributed by atoms with Crippen LogP contribution >= 0.6 is 0 Å². The van der Waals surface area contributed by atoms with Gasteiger partial charge in [-0.05, 0) is 75.0 Å². The van der Waals surface area contributed by atoms with Crippen molar-refractivity contribution in [2.45, 2.75) is 63.2 Å². The number of carbonyl (C=O) groups excluding carboxylic acids is 1. The van der Waals surface area contributed by atoms with Crippen molar-refractivity contribution in [1.29, 1.82) is 0 Å². The quantitative estimate of drug-likeness (QED) is 0.415. The Morgan fingerprint density at radius 2 is 1.95 bits per heavy atom. The lowest BCUT2D eigenvalue weighted by Crippen LogP contribution is -2.49. The smallest absolute Gasteiger partial charge is 0.261 e. The zero-order valence-corrected chi connectivity index (χ0v) is 23.5. The van der Waals surface area contributed by atoms with E-state index in [4.69, 9.17) is 0 Å². The van der Waals surface area contributed by atoms with E-state index in [1.807, 2.05) is 11.9 Å². The molecule has 8 heteroatoms. The molecule has 0 saturated carbocycles. The molecule has 6 nitrogen and oxygen atoms in total. The van der Waals surface area contributed by atoms with Gasteiger partial charge in [0.1, 0.15) is 23.1 Å². The molecule has 3 heterocycles. The number of allylic oxidation sites excluding steroid dienone is 6. The highest BCUT2D eigenvalue weighted by Gasteiger charge is 2.47. The monoisotopic (exact) mass is 558 g/mol. The number of nitrogens with zero attached hydrogens (tertiary/aromatic N) is 3. The number of carbonyl (C=O) groups is 1. The first-order chi connectivity index (χ1) is 19.8. The zero-order chi connectivity index (χ0) is 28.6. The van der Waals surface area contributed by atoms with Crippen LogP contribution in [0.3, 0.4) is 0 Å². The fourth-order valence-corrected chi connectivity index (χ4v) is 6.97. The molecule has 1 saturated heterocycles. The Morgan fingerprint density at radius 1 is 1.12 bits per heavy atom. The van der Waals surface area contributed by atoms with Gasteiger partial charge in [-0.3, -0.25) is 14.6 Å². The fourth-order valence-electron chi connectivity index (χ4n) is 6.97. The average molecular weight is 559 g/mol. The molecule has 6 rings (SSSR count). The van der Waals surface area contributed by atoms with Crippen molar-refractivity contribution in [1.82, 2.24) is 14.5 Å². The lowest BCUT2D eigenvalue weighted by atomic mass is 9.64. The normalized spacial score (nSPS) is 24.0. The van der Waals surface area contributed by atoms with Gasteiger partial charge in [-0.25, -0.2) is 8.78 Å². The molecule has 214 valence electrons. The molecular formula is C33H36F2N4O2. The highest BCUT2D eigenvalue weighted by Crippen LogP contribution is 2.44. The van der Waals surface area contributed by atoms with Gasteiger partial charge in [0, 0.05) is 44.4 Å². The van der Waals surface area contributed by atoms with Crippen molar-refractivity contribution in [3.8, 4) is 0 Å². The summed E-state index contributed by atoms with van der Waals surface area (Å²) in [5, 5.41) is 0.519. The summed E-state index contributed by atoms with van der Waals surface area (Å²) < 4.78 is 32.2. The van der Waals surface area contributed by atoms with Crippen LogP contribution < -0.4 is 10.5 Å². The summed E-state index contributed by atoms with van der Waals surface area (Å²) in [7, 11) is 1.84. The number of fused-ring (bicyclic) bond motifs is 3. The first-order valence-electron chi connectivity index (χ1n) is 14.7. The molecule has 1 atom stereocenters. The van der Waals surface area contributed by atoms with Gasteiger partial charge in [0.2, 0.25) is 5.95 Å². The SMILES string of the molecule is Cn1ccc2c(=O)[nH]c(N3CCC4(CC3)C(=O)CCC(CC3=C/CCC/C=C/C=C\3)Cc3cc(F)cc(F)c34)nc21. The Balaban J connectivity index is 1.30. The molecule has 1 fully saturated rings. The van der Waals surface area contributed by atoms with E-state index in [9.17, 15) is 14.0 Å². The molecule has 0 bridgehead atoms. The standard InChI is InChI=1S/C33H36F2N4O2/c1-38-15-12-26-30(38)36-32(37-31(26)41)39-16-13-33(14-17-39)28(40)11-10-23(18-22-8-6-4-2-3-5-7-9-22)19-24-20-25(34)21-27(35)29(24)33/h2,4,6,8-9,12,15,20-21,23H,3,5,7,10-11,13-14,16-19H2,1H3,(H,36,37,41)/b4-2+,8-6-,22-9+. The number of hydrogen-bond acceptors (Lipinski definition) is 4. The molecule has 1 unspecified atom stereocenters. The molecule has 41 heavy (non-hydrogen) atoms. The molecule has 1 N–H and O–H groups in total. The summed E-state index contributed by atoms with van der Waals surface area (Å²) in [5.74, 6) is -0.655. The molecular weight excluding hydrogens is 522 g/mol. The number of hydrogen-bond donors (Lipinski definition) is 1. The Bertz CT molecular complexity index is 1620. The maximum Gasteiger partial charge on any atom is 0.261 e. The molecule has 1 aliphatic heterocycles. The molecule has 1 aromatic carbocycles. The number of anilines is 1. The van der Waals surface area contributed by atoms with Crippen molar-refractivity contribution in [3.05, 3.63) is 93.5 Å². The topological polar surface area (TPSA) is 71.0 Å². The third-order valence-corrected chi connectivity index (χ3v) is 9.14. The van der Waals surface area contributed by atoms with Gasteiger partial charge in [-0.1, -0.05) is 36.0 Å². The van der Waals surface area contributed by atoms with Crippen LogP contribution in [-0.2, 0) is 23.7 Å². The highest BCUT2D eigenvalue weighted by molar-refractivity contribution is 5.91. The summed E-state index contributed by atoms with van der Waals surface area (Å²) in [5.41, 5.74) is 1.55. The summed E-state index contributed by atoms with van der Waals surface area (Å²) >= 11 is 0. The maximum absolute atomic E-state index is 15.7. The second kappa shape index (κ2) is 11.2. The number of piperidine rings is 1.